The molecule has 0 aromatic heterocycles. The van der Waals surface area contributed by atoms with Gasteiger partial charge in [0.2, 0.25) is 5.91 Å². The van der Waals surface area contributed by atoms with Crippen molar-refractivity contribution in [2.45, 2.75) is 5.92 Å². The van der Waals surface area contributed by atoms with Crippen LogP contribution in [0.4, 0.5) is 4.79 Å². The number of ether oxygens (including phenoxy) is 1. The van der Waals surface area contributed by atoms with Gasteiger partial charge in [0.05, 0.1) is 0 Å². The van der Waals surface area contributed by atoms with Crippen molar-refractivity contribution in [3.8, 4) is 11.1 Å². The largest absolute Gasteiger partial charge is 0.352 e. The molecule has 7 heteroatoms. The Morgan fingerprint density at radius 3 is 2.64 bits per heavy atom. The van der Waals surface area contributed by atoms with Gasteiger partial charge in [-0.1, -0.05) is 54.1 Å². The minimum absolute atomic E-state index is 0.0152. The maximum absolute atomic E-state index is 12.6. The number of rotatable bonds is 2. The molecule has 0 saturated carbocycles. The number of hydrogen-bond acceptors (Lipinski definition) is 3. The Balaban J connectivity index is 1.36. The molecule has 2 aliphatic rings. The van der Waals surface area contributed by atoms with Crippen LogP contribution < -0.4 is 5.32 Å². The molecule has 6 nitrogen and oxygen atoms in total. The maximum Gasteiger partial charge on any atom is 0.321 e. The van der Waals surface area contributed by atoms with Crippen molar-refractivity contribution < 1.29 is 14.3 Å². The highest BCUT2D eigenvalue weighted by Gasteiger charge is 2.34. The first-order valence-corrected chi connectivity index (χ1v) is 9.73. The number of likely N-dealkylation sites (tertiary alicyclic amines) is 1. The van der Waals surface area contributed by atoms with Crippen LogP contribution >= 0.6 is 11.6 Å². The zero-order valence-electron chi connectivity index (χ0n) is 15.4. The second-order valence-corrected chi connectivity index (χ2v) is 7.49. The number of nitrogens with zero attached hydrogens (tertiary/aromatic N) is 2. The van der Waals surface area contributed by atoms with E-state index in [1.807, 2.05) is 42.5 Å². The molecule has 146 valence electrons. The van der Waals surface area contributed by atoms with E-state index in [0.29, 0.717) is 26.2 Å². The molecule has 2 fully saturated rings. The molecule has 4 rings (SSSR count). The molecular weight excluding hydrogens is 378 g/mol. The third-order valence-electron chi connectivity index (χ3n) is 5.16. The normalized spacial score (nSPS) is 18.1. The zero-order chi connectivity index (χ0) is 19.5. The molecule has 2 aliphatic heterocycles. The van der Waals surface area contributed by atoms with Crippen LogP contribution in [0.3, 0.4) is 0 Å². The topological polar surface area (TPSA) is 61.9 Å². The van der Waals surface area contributed by atoms with Crippen molar-refractivity contribution in [1.82, 2.24) is 15.1 Å². The van der Waals surface area contributed by atoms with E-state index in [1.165, 1.54) is 0 Å². The summed E-state index contributed by atoms with van der Waals surface area (Å²) in [5.41, 5.74) is 3.25. The Morgan fingerprint density at radius 1 is 1.11 bits per heavy atom. The molecule has 2 saturated heterocycles. The third-order valence-corrected chi connectivity index (χ3v) is 5.47. The highest BCUT2D eigenvalue weighted by Crippen LogP contribution is 2.34. The van der Waals surface area contributed by atoms with Gasteiger partial charge in [-0.25, -0.2) is 4.79 Å². The Hall–Kier alpha value is -2.57. The first kappa shape index (κ1) is 18.8. The molecule has 0 aliphatic carbocycles. The van der Waals surface area contributed by atoms with Gasteiger partial charge in [-0.15, -0.1) is 0 Å². The van der Waals surface area contributed by atoms with Crippen LogP contribution in [0.2, 0.25) is 5.02 Å². The van der Waals surface area contributed by atoms with E-state index in [9.17, 15) is 9.59 Å². The average molecular weight is 400 g/mol. The van der Waals surface area contributed by atoms with Gasteiger partial charge in [-0.05, 0) is 17.2 Å². The Kier molecular flexibility index (Phi) is 5.50. The number of halogens is 1. The predicted octanol–water partition coefficient (Wildman–Crippen LogP) is 2.93. The highest BCUT2D eigenvalue weighted by atomic mass is 35.5. The standard InChI is InChI=1S/C21H22ClN3O3/c22-19-10-16(6-7-18(19)15-4-2-1-3-5-15)17-11-25(12-17)21(27)24-9-8-23-20(26)13-28-14-24/h1-7,10,17H,8-9,11-14H2,(H,23,26). The van der Waals surface area contributed by atoms with Crippen LogP contribution in [0, 0.1) is 0 Å². The summed E-state index contributed by atoms with van der Waals surface area (Å²) in [5, 5.41) is 3.44. The van der Waals surface area contributed by atoms with Crippen molar-refractivity contribution in [2.24, 2.45) is 0 Å². The maximum atomic E-state index is 12.6. The number of hydrogen-bond donors (Lipinski definition) is 1. The van der Waals surface area contributed by atoms with E-state index < -0.39 is 0 Å². The minimum Gasteiger partial charge on any atom is -0.352 e. The van der Waals surface area contributed by atoms with Gasteiger partial charge in [-0.2, -0.15) is 0 Å². The van der Waals surface area contributed by atoms with E-state index in [-0.39, 0.29) is 31.2 Å². The smallest absolute Gasteiger partial charge is 0.321 e. The molecule has 2 aromatic carbocycles. The van der Waals surface area contributed by atoms with Crippen LogP contribution in [0.15, 0.2) is 48.5 Å². The highest BCUT2D eigenvalue weighted by molar-refractivity contribution is 6.33. The summed E-state index contributed by atoms with van der Waals surface area (Å²) in [6, 6.07) is 16.1. The Labute approximate surface area is 169 Å². The molecular formula is C21H22ClN3O3. The number of urea groups is 1. The molecule has 28 heavy (non-hydrogen) atoms. The fourth-order valence-corrected chi connectivity index (χ4v) is 3.83. The van der Waals surface area contributed by atoms with E-state index in [0.717, 1.165) is 21.7 Å². The second-order valence-electron chi connectivity index (χ2n) is 7.08. The average Bonchev–Trinajstić information content (AvgIpc) is 2.64. The SMILES string of the molecule is O=C1COCN(C(=O)N2CC(c3ccc(-c4ccccc4)c(Cl)c3)C2)CCN1. The molecule has 0 radical (unpaired) electrons. The number of carbonyl (C=O) groups is 2. The quantitative estimate of drug-likeness (QED) is 0.844. The number of benzene rings is 2. The van der Waals surface area contributed by atoms with Gasteiger partial charge in [0.1, 0.15) is 13.3 Å². The fraction of sp³-hybridized carbons (Fsp3) is 0.333. The summed E-state index contributed by atoms with van der Waals surface area (Å²) in [6.45, 7) is 2.33. The predicted molar refractivity (Wildman–Crippen MR) is 107 cm³/mol. The van der Waals surface area contributed by atoms with Gasteiger partial charge >= 0.3 is 6.03 Å². The van der Waals surface area contributed by atoms with Gasteiger partial charge < -0.3 is 15.0 Å². The van der Waals surface area contributed by atoms with Crippen LogP contribution in [-0.4, -0.2) is 61.3 Å². The lowest BCUT2D eigenvalue weighted by Gasteiger charge is -2.42. The molecule has 0 atom stereocenters. The fourth-order valence-electron chi connectivity index (χ4n) is 3.53. The zero-order valence-corrected chi connectivity index (χ0v) is 16.2. The first-order chi connectivity index (χ1) is 13.6. The van der Waals surface area contributed by atoms with E-state index in [2.05, 4.69) is 11.4 Å². The van der Waals surface area contributed by atoms with Crippen LogP contribution in [0.1, 0.15) is 11.5 Å². The van der Waals surface area contributed by atoms with Crippen molar-refractivity contribution in [2.75, 3.05) is 39.5 Å². The van der Waals surface area contributed by atoms with Gasteiger partial charge in [0.25, 0.3) is 0 Å². The lowest BCUT2D eigenvalue weighted by molar-refractivity contribution is -0.128. The molecule has 2 aromatic rings. The molecule has 0 unspecified atom stereocenters. The van der Waals surface area contributed by atoms with Crippen molar-refractivity contribution >= 4 is 23.5 Å². The summed E-state index contributed by atoms with van der Waals surface area (Å²) in [7, 11) is 0. The summed E-state index contributed by atoms with van der Waals surface area (Å²) >= 11 is 6.52. The molecule has 0 spiro atoms. The van der Waals surface area contributed by atoms with E-state index in [4.69, 9.17) is 16.3 Å². The summed E-state index contributed by atoms with van der Waals surface area (Å²) in [4.78, 5) is 27.4. The van der Waals surface area contributed by atoms with Crippen LogP contribution in [0.25, 0.3) is 11.1 Å². The molecule has 2 heterocycles. The lowest BCUT2D eigenvalue weighted by atomic mass is 9.90. The Morgan fingerprint density at radius 2 is 1.89 bits per heavy atom. The van der Waals surface area contributed by atoms with Gasteiger partial charge in [0, 0.05) is 42.7 Å². The Bertz CT molecular complexity index is 856. The lowest BCUT2D eigenvalue weighted by Crippen LogP contribution is -2.56. The third kappa shape index (κ3) is 3.98. The van der Waals surface area contributed by atoms with Crippen molar-refractivity contribution in [3.63, 3.8) is 0 Å². The van der Waals surface area contributed by atoms with Crippen molar-refractivity contribution in [3.05, 3.63) is 59.1 Å². The van der Waals surface area contributed by atoms with E-state index >= 15 is 0 Å². The van der Waals surface area contributed by atoms with E-state index in [1.54, 1.807) is 9.80 Å². The summed E-state index contributed by atoms with van der Waals surface area (Å²) < 4.78 is 5.27. The number of carbonyl (C=O) groups excluding carboxylic acids is 2. The second kappa shape index (κ2) is 8.20. The van der Waals surface area contributed by atoms with Gasteiger partial charge in [0.15, 0.2) is 0 Å². The molecule has 1 N–H and O–H groups in total. The summed E-state index contributed by atoms with van der Waals surface area (Å²) in [6.07, 6.45) is 0. The molecule has 3 amide bonds. The minimum atomic E-state index is -0.146. The molecule has 0 bridgehead atoms. The number of nitrogens with one attached hydrogen (secondary N) is 1. The van der Waals surface area contributed by atoms with Gasteiger partial charge in [-0.3, -0.25) is 9.69 Å². The summed E-state index contributed by atoms with van der Waals surface area (Å²) in [5.74, 6) is 0.133. The number of amides is 3. The van der Waals surface area contributed by atoms with Crippen molar-refractivity contribution in [1.29, 1.82) is 0 Å². The van der Waals surface area contributed by atoms with Crippen LogP contribution in [0.5, 0.6) is 0 Å². The monoisotopic (exact) mass is 399 g/mol. The first-order valence-electron chi connectivity index (χ1n) is 9.35. The van der Waals surface area contributed by atoms with Crippen LogP contribution in [-0.2, 0) is 9.53 Å².